The van der Waals surface area contributed by atoms with Gasteiger partial charge in [-0.25, -0.2) is 9.82 Å². The standard InChI is InChI=1S/C15H13ClFN3O/c1-10(11-4-3-7-18-9-11)19-20-15(21)8-12-13(16)5-2-6-14(12)17/h2-7,9H,8H2,1H3,(H,20,21)/b19-10-. The smallest absolute Gasteiger partial charge is 0.244 e. The molecule has 2 rings (SSSR count). The quantitative estimate of drug-likeness (QED) is 0.697. The van der Waals surface area contributed by atoms with Gasteiger partial charge in [-0.05, 0) is 25.1 Å². The van der Waals surface area contributed by atoms with Crippen molar-refractivity contribution in [1.82, 2.24) is 10.4 Å². The summed E-state index contributed by atoms with van der Waals surface area (Å²) >= 11 is 5.87. The first-order valence-corrected chi connectivity index (χ1v) is 6.62. The number of carbonyl (C=O) groups is 1. The summed E-state index contributed by atoms with van der Waals surface area (Å²) < 4.78 is 13.6. The first-order valence-electron chi connectivity index (χ1n) is 6.24. The van der Waals surface area contributed by atoms with Gasteiger partial charge in [-0.3, -0.25) is 9.78 Å². The van der Waals surface area contributed by atoms with E-state index in [1.54, 1.807) is 25.4 Å². The summed E-state index contributed by atoms with van der Waals surface area (Å²) in [6.45, 7) is 1.74. The van der Waals surface area contributed by atoms with Gasteiger partial charge in [0.05, 0.1) is 12.1 Å². The van der Waals surface area contributed by atoms with E-state index < -0.39 is 11.7 Å². The minimum Gasteiger partial charge on any atom is -0.273 e. The second-order valence-electron chi connectivity index (χ2n) is 4.35. The number of hydrazone groups is 1. The zero-order valence-corrected chi connectivity index (χ0v) is 12.1. The fourth-order valence-corrected chi connectivity index (χ4v) is 1.92. The summed E-state index contributed by atoms with van der Waals surface area (Å²) in [6, 6.07) is 7.89. The molecule has 1 heterocycles. The maximum atomic E-state index is 13.6. The summed E-state index contributed by atoms with van der Waals surface area (Å²) in [5, 5.41) is 4.18. The van der Waals surface area contributed by atoms with Gasteiger partial charge in [0, 0.05) is 28.5 Å². The minimum atomic E-state index is -0.509. The van der Waals surface area contributed by atoms with Crippen LogP contribution >= 0.6 is 11.6 Å². The molecule has 1 aromatic carbocycles. The summed E-state index contributed by atoms with van der Waals surface area (Å²) in [5.74, 6) is -0.948. The van der Waals surface area contributed by atoms with E-state index in [0.29, 0.717) is 5.71 Å². The Labute approximate surface area is 126 Å². The van der Waals surface area contributed by atoms with Crippen LogP contribution in [0.2, 0.25) is 5.02 Å². The average Bonchev–Trinajstić information content (AvgIpc) is 2.49. The summed E-state index contributed by atoms with van der Waals surface area (Å²) in [6.07, 6.45) is 3.11. The molecule has 108 valence electrons. The molecule has 0 saturated carbocycles. The van der Waals surface area contributed by atoms with E-state index in [-0.39, 0.29) is 17.0 Å². The molecule has 0 bridgehead atoms. The predicted octanol–water partition coefficient (Wildman–Crippen LogP) is 2.96. The molecule has 4 nitrogen and oxygen atoms in total. The number of benzene rings is 1. The fourth-order valence-electron chi connectivity index (χ4n) is 1.69. The van der Waals surface area contributed by atoms with Gasteiger partial charge in [0.25, 0.3) is 0 Å². The summed E-state index contributed by atoms with van der Waals surface area (Å²) in [7, 11) is 0. The zero-order valence-electron chi connectivity index (χ0n) is 11.3. The molecule has 0 spiro atoms. The molecule has 0 unspecified atom stereocenters. The largest absolute Gasteiger partial charge is 0.273 e. The van der Waals surface area contributed by atoms with Crippen molar-refractivity contribution in [1.29, 1.82) is 0 Å². The van der Waals surface area contributed by atoms with E-state index in [0.717, 1.165) is 5.56 Å². The lowest BCUT2D eigenvalue weighted by Gasteiger charge is -2.05. The Balaban J connectivity index is 2.03. The van der Waals surface area contributed by atoms with E-state index >= 15 is 0 Å². The van der Waals surface area contributed by atoms with Crippen molar-refractivity contribution < 1.29 is 9.18 Å². The first kappa shape index (κ1) is 15.1. The number of nitrogens with one attached hydrogen (secondary N) is 1. The molecule has 0 radical (unpaired) electrons. The van der Waals surface area contributed by atoms with Crippen LogP contribution in [0.25, 0.3) is 0 Å². The fraction of sp³-hybridized carbons (Fsp3) is 0.133. The normalized spacial score (nSPS) is 11.3. The van der Waals surface area contributed by atoms with Crippen LogP contribution in [0.5, 0.6) is 0 Å². The highest BCUT2D eigenvalue weighted by Crippen LogP contribution is 2.19. The molecule has 21 heavy (non-hydrogen) atoms. The zero-order chi connectivity index (χ0) is 15.2. The molecule has 0 fully saturated rings. The van der Waals surface area contributed by atoms with Crippen molar-refractivity contribution in [3.63, 3.8) is 0 Å². The van der Waals surface area contributed by atoms with Crippen molar-refractivity contribution >= 4 is 23.2 Å². The lowest BCUT2D eigenvalue weighted by atomic mass is 10.1. The Morgan fingerprint density at radius 3 is 2.86 bits per heavy atom. The van der Waals surface area contributed by atoms with Crippen LogP contribution in [-0.4, -0.2) is 16.6 Å². The van der Waals surface area contributed by atoms with Gasteiger partial charge >= 0.3 is 0 Å². The number of halogens is 2. The maximum Gasteiger partial charge on any atom is 0.244 e. The van der Waals surface area contributed by atoms with Crippen molar-refractivity contribution in [2.24, 2.45) is 5.10 Å². The van der Waals surface area contributed by atoms with Gasteiger partial charge in [-0.2, -0.15) is 5.10 Å². The molecule has 1 N–H and O–H groups in total. The molecular weight excluding hydrogens is 293 g/mol. The number of aromatic nitrogens is 1. The summed E-state index contributed by atoms with van der Waals surface area (Å²) in [5.41, 5.74) is 3.94. The van der Waals surface area contributed by atoms with Crippen molar-refractivity contribution in [2.45, 2.75) is 13.3 Å². The Morgan fingerprint density at radius 1 is 1.38 bits per heavy atom. The average molecular weight is 306 g/mol. The SMILES string of the molecule is C/C(=N/NC(=O)Cc1c(F)cccc1Cl)c1cccnc1. The third-order valence-electron chi connectivity index (χ3n) is 2.83. The van der Waals surface area contributed by atoms with Gasteiger partial charge in [0.15, 0.2) is 0 Å². The van der Waals surface area contributed by atoms with Crippen LogP contribution in [0, 0.1) is 5.82 Å². The van der Waals surface area contributed by atoms with Crippen LogP contribution < -0.4 is 5.43 Å². The van der Waals surface area contributed by atoms with Gasteiger partial charge in [-0.15, -0.1) is 0 Å². The van der Waals surface area contributed by atoms with E-state index in [4.69, 9.17) is 11.6 Å². The first-order chi connectivity index (χ1) is 10.1. The van der Waals surface area contributed by atoms with Gasteiger partial charge in [0.1, 0.15) is 5.82 Å². The van der Waals surface area contributed by atoms with Gasteiger partial charge in [-0.1, -0.05) is 23.7 Å². The minimum absolute atomic E-state index is 0.158. The predicted molar refractivity (Wildman–Crippen MR) is 79.7 cm³/mol. The topological polar surface area (TPSA) is 54.4 Å². The number of carbonyl (C=O) groups excluding carboxylic acids is 1. The molecule has 1 amide bonds. The molecule has 0 aliphatic carbocycles. The van der Waals surface area contributed by atoms with Crippen LogP contribution in [0.1, 0.15) is 18.1 Å². The van der Waals surface area contributed by atoms with E-state index in [1.165, 1.54) is 18.2 Å². The van der Waals surface area contributed by atoms with Crippen molar-refractivity contribution in [3.05, 3.63) is 64.7 Å². The molecular formula is C15H13ClFN3O. The molecule has 0 aliphatic heterocycles. The highest BCUT2D eigenvalue weighted by atomic mass is 35.5. The van der Waals surface area contributed by atoms with Crippen LogP contribution in [-0.2, 0) is 11.2 Å². The van der Waals surface area contributed by atoms with Crippen LogP contribution in [0.4, 0.5) is 4.39 Å². The third kappa shape index (κ3) is 4.10. The number of pyridine rings is 1. The number of amides is 1. The lowest BCUT2D eigenvalue weighted by molar-refractivity contribution is -0.120. The number of hydrogen-bond acceptors (Lipinski definition) is 3. The van der Waals surface area contributed by atoms with E-state index in [1.807, 2.05) is 6.07 Å². The number of nitrogens with zero attached hydrogens (tertiary/aromatic N) is 2. The van der Waals surface area contributed by atoms with Gasteiger partial charge < -0.3 is 0 Å². The summed E-state index contributed by atoms with van der Waals surface area (Å²) in [4.78, 5) is 15.8. The molecule has 2 aromatic rings. The van der Waals surface area contributed by atoms with Crippen molar-refractivity contribution in [3.8, 4) is 0 Å². The van der Waals surface area contributed by atoms with Gasteiger partial charge in [0.2, 0.25) is 5.91 Å². The van der Waals surface area contributed by atoms with Crippen molar-refractivity contribution in [2.75, 3.05) is 0 Å². The highest BCUT2D eigenvalue weighted by molar-refractivity contribution is 6.31. The number of hydrogen-bond donors (Lipinski definition) is 1. The molecule has 0 atom stereocenters. The Bertz CT molecular complexity index is 654. The highest BCUT2D eigenvalue weighted by Gasteiger charge is 2.11. The molecule has 0 aliphatic rings. The molecule has 1 aromatic heterocycles. The molecule has 0 saturated heterocycles. The van der Waals surface area contributed by atoms with Crippen LogP contribution in [0.15, 0.2) is 47.8 Å². The van der Waals surface area contributed by atoms with Crippen LogP contribution in [0.3, 0.4) is 0 Å². The monoisotopic (exact) mass is 305 g/mol. The lowest BCUT2D eigenvalue weighted by Crippen LogP contribution is -2.22. The second-order valence-corrected chi connectivity index (χ2v) is 4.76. The Hall–Kier alpha value is -2.27. The third-order valence-corrected chi connectivity index (χ3v) is 3.18. The maximum absolute atomic E-state index is 13.6. The molecule has 6 heteroatoms. The van der Waals surface area contributed by atoms with E-state index in [2.05, 4.69) is 15.5 Å². The van der Waals surface area contributed by atoms with E-state index in [9.17, 15) is 9.18 Å². The second kappa shape index (κ2) is 6.95. The Morgan fingerprint density at radius 2 is 2.19 bits per heavy atom. The number of rotatable bonds is 4. The Kier molecular flexibility index (Phi) is 5.00.